The molecule has 1 aliphatic rings. The van der Waals surface area contributed by atoms with Gasteiger partial charge in [-0.3, -0.25) is 4.79 Å². The van der Waals surface area contributed by atoms with Gasteiger partial charge in [-0.25, -0.2) is 0 Å². The zero-order valence-electron chi connectivity index (χ0n) is 8.23. The van der Waals surface area contributed by atoms with E-state index >= 15 is 0 Å². The van der Waals surface area contributed by atoms with Gasteiger partial charge in [0.15, 0.2) is 0 Å². The van der Waals surface area contributed by atoms with Crippen molar-refractivity contribution in [1.29, 1.82) is 0 Å². The van der Waals surface area contributed by atoms with Crippen LogP contribution < -0.4 is 5.73 Å². The van der Waals surface area contributed by atoms with Crippen LogP contribution >= 0.6 is 0 Å². The monoisotopic (exact) mass is 190 g/mol. The number of para-hydroxylation sites is 1. The van der Waals surface area contributed by atoms with Gasteiger partial charge in [-0.2, -0.15) is 0 Å². The Kier molecular flexibility index (Phi) is 2.15. The van der Waals surface area contributed by atoms with Crippen molar-refractivity contribution >= 4 is 11.6 Å². The maximum absolute atomic E-state index is 11.2. The molecule has 1 aliphatic heterocycles. The Morgan fingerprint density at radius 2 is 2.14 bits per heavy atom. The Labute approximate surface area is 83.5 Å². The van der Waals surface area contributed by atoms with Crippen molar-refractivity contribution in [3.05, 3.63) is 29.8 Å². The second-order valence-corrected chi connectivity index (χ2v) is 3.64. The van der Waals surface area contributed by atoms with Crippen LogP contribution in [0.15, 0.2) is 24.3 Å². The number of carbonyl (C=O) groups is 1. The van der Waals surface area contributed by atoms with Crippen LogP contribution in [0.5, 0.6) is 0 Å². The molecular formula is C11H14N2O. The standard InChI is InChI=1S/C11H14N2O/c1-8(13-7-6-11(13)14)9-4-2-3-5-10(9)12/h2-5,8H,6-7,12H2,1H3. The normalized spacial score (nSPS) is 17.8. The lowest BCUT2D eigenvalue weighted by molar-refractivity contribution is -0.142. The lowest BCUT2D eigenvalue weighted by atomic mass is 10.0. The smallest absolute Gasteiger partial charge is 0.224 e. The van der Waals surface area contributed by atoms with E-state index < -0.39 is 0 Å². The molecule has 1 atom stereocenters. The molecule has 1 saturated heterocycles. The zero-order chi connectivity index (χ0) is 10.1. The second kappa shape index (κ2) is 3.33. The van der Waals surface area contributed by atoms with Crippen LogP contribution in [0.25, 0.3) is 0 Å². The van der Waals surface area contributed by atoms with E-state index in [-0.39, 0.29) is 11.9 Å². The molecule has 74 valence electrons. The summed E-state index contributed by atoms with van der Waals surface area (Å²) in [5.74, 6) is 0.223. The molecule has 3 heteroatoms. The quantitative estimate of drug-likeness (QED) is 0.568. The Hall–Kier alpha value is -1.51. The van der Waals surface area contributed by atoms with Crippen molar-refractivity contribution in [1.82, 2.24) is 4.90 Å². The number of β-lactam (4-membered cyclic amide) rings is 1. The summed E-state index contributed by atoms with van der Waals surface area (Å²) in [6.07, 6.45) is 0.678. The van der Waals surface area contributed by atoms with E-state index in [1.807, 2.05) is 36.1 Å². The predicted molar refractivity (Wildman–Crippen MR) is 55.6 cm³/mol. The largest absolute Gasteiger partial charge is 0.398 e. The molecule has 2 N–H and O–H groups in total. The topological polar surface area (TPSA) is 46.3 Å². The van der Waals surface area contributed by atoms with Crippen molar-refractivity contribution in [2.75, 3.05) is 12.3 Å². The van der Waals surface area contributed by atoms with Crippen molar-refractivity contribution in [3.63, 3.8) is 0 Å². The molecule has 0 saturated carbocycles. The first-order valence-corrected chi connectivity index (χ1v) is 4.84. The third-order valence-electron chi connectivity index (χ3n) is 2.80. The summed E-state index contributed by atoms with van der Waals surface area (Å²) in [4.78, 5) is 13.1. The molecule has 0 aliphatic carbocycles. The number of amides is 1. The van der Waals surface area contributed by atoms with Gasteiger partial charge in [-0.05, 0) is 18.6 Å². The molecule has 1 heterocycles. The SMILES string of the molecule is CC(c1ccccc1N)N1CCC1=O. The highest BCUT2D eigenvalue weighted by atomic mass is 16.2. The van der Waals surface area contributed by atoms with E-state index in [9.17, 15) is 4.79 Å². The van der Waals surface area contributed by atoms with E-state index in [2.05, 4.69) is 0 Å². The number of nitrogens with two attached hydrogens (primary N) is 1. The average molecular weight is 190 g/mol. The first-order valence-electron chi connectivity index (χ1n) is 4.84. The van der Waals surface area contributed by atoms with Crippen molar-refractivity contribution < 1.29 is 4.79 Å². The number of nitrogen functional groups attached to an aromatic ring is 1. The summed E-state index contributed by atoms with van der Waals surface area (Å²) < 4.78 is 0. The van der Waals surface area contributed by atoms with Crippen LogP contribution in [-0.2, 0) is 4.79 Å². The van der Waals surface area contributed by atoms with Crippen LogP contribution in [0.3, 0.4) is 0 Å². The van der Waals surface area contributed by atoms with E-state index in [1.165, 1.54) is 0 Å². The molecule has 14 heavy (non-hydrogen) atoms. The highest BCUT2D eigenvalue weighted by molar-refractivity contribution is 5.82. The number of rotatable bonds is 2. The number of hydrogen-bond donors (Lipinski definition) is 1. The van der Waals surface area contributed by atoms with Gasteiger partial charge in [0.05, 0.1) is 6.04 Å². The summed E-state index contributed by atoms with van der Waals surface area (Å²) in [7, 11) is 0. The van der Waals surface area contributed by atoms with Crippen molar-refractivity contribution in [2.45, 2.75) is 19.4 Å². The van der Waals surface area contributed by atoms with E-state index in [0.29, 0.717) is 6.42 Å². The molecule has 2 rings (SSSR count). The van der Waals surface area contributed by atoms with Crippen LogP contribution in [0, 0.1) is 0 Å². The number of likely N-dealkylation sites (tertiary alicyclic amines) is 1. The number of nitrogens with zero attached hydrogens (tertiary/aromatic N) is 1. The van der Waals surface area contributed by atoms with E-state index in [4.69, 9.17) is 5.73 Å². The summed E-state index contributed by atoms with van der Waals surface area (Å²) in [5.41, 5.74) is 7.65. The molecule has 3 nitrogen and oxygen atoms in total. The zero-order valence-corrected chi connectivity index (χ0v) is 8.23. The highest BCUT2D eigenvalue weighted by Gasteiger charge is 2.29. The number of hydrogen-bond acceptors (Lipinski definition) is 2. The maximum Gasteiger partial charge on any atom is 0.224 e. The van der Waals surface area contributed by atoms with E-state index in [0.717, 1.165) is 17.8 Å². The number of anilines is 1. The molecule has 1 aromatic carbocycles. The van der Waals surface area contributed by atoms with Crippen molar-refractivity contribution in [3.8, 4) is 0 Å². The summed E-state index contributed by atoms with van der Waals surface area (Å²) in [6.45, 7) is 2.87. The molecule has 1 aromatic rings. The fraction of sp³-hybridized carbons (Fsp3) is 0.364. The van der Waals surface area contributed by atoms with Crippen molar-refractivity contribution in [2.24, 2.45) is 0 Å². The van der Waals surface area contributed by atoms with Gasteiger partial charge in [-0.15, -0.1) is 0 Å². The third-order valence-corrected chi connectivity index (χ3v) is 2.80. The summed E-state index contributed by atoms with van der Waals surface area (Å²) in [5, 5.41) is 0. The second-order valence-electron chi connectivity index (χ2n) is 3.64. The highest BCUT2D eigenvalue weighted by Crippen LogP contribution is 2.29. The molecule has 0 bridgehead atoms. The van der Waals surface area contributed by atoms with Gasteiger partial charge in [-0.1, -0.05) is 18.2 Å². The lowest BCUT2D eigenvalue weighted by Crippen LogP contribution is -2.44. The van der Waals surface area contributed by atoms with Crippen LogP contribution in [0.4, 0.5) is 5.69 Å². The minimum atomic E-state index is 0.109. The van der Waals surface area contributed by atoms with E-state index in [1.54, 1.807) is 0 Å². The van der Waals surface area contributed by atoms with Gasteiger partial charge in [0.2, 0.25) is 5.91 Å². The Morgan fingerprint density at radius 3 is 2.64 bits per heavy atom. The van der Waals surface area contributed by atoms with Gasteiger partial charge in [0.1, 0.15) is 0 Å². The molecular weight excluding hydrogens is 176 g/mol. The molecule has 1 amide bonds. The molecule has 0 aromatic heterocycles. The first-order chi connectivity index (χ1) is 6.70. The number of benzene rings is 1. The predicted octanol–water partition coefficient (Wildman–Crippen LogP) is 1.56. The van der Waals surface area contributed by atoms with Crippen LogP contribution in [0.1, 0.15) is 24.9 Å². The third kappa shape index (κ3) is 1.35. The average Bonchev–Trinajstić information content (AvgIpc) is 2.16. The minimum absolute atomic E-state index is 0.109. The maximum atomic E-state index is 11.2. The molecule has 1 fully saturated rings. The molecule has 0 spiro atoms. The van der Waals surface area contributed by atoms with Crippen LogP contribution in [-0.4, -0.2) is 17.4 Å². The number of carbonyl (C=O) groups excluding carboxylic acids is 1. The first kappa shape index (κ1) is 9.06. The Bertz CT molecular complexity index is 362. The summed E-state index contributed by atoms with van der Waals surface area (Å²) in [6, 6.07) is 7.81. The van der Waals surface area contributed by atoms with Gasteiger partial charge in [0, 0.05) is 18.7 Å². The summed E-state index contributed by atoms with van der Waals surface area (Å²) >= 11 is 0. The van der Waals surface area contributed by atoms with Crippen LogP contribution in [0.2, 0.25) is 0 Å². The lowest BCUT2D eigenvalue weighted by Gasteiger charge is -2.37. The van der Waals surface area contributed by atoms with Gasteiger partial charge in [0.25, 0.3) is 0 Å². The Morgan fingerprint density at radius 1 is 1.43 bits per heavy atom. The van der Waals surface area contributed by atoms with Gasteiger partial charge >= 0.3 is 0 Å². The fourth-order valence-corrected chi connectivity index (χ4v) is 1.80. The molecule has 1 unspecified atom stereocenters. The Balaban J connectivity index is 2.22. The fourth-order valence-electron chi connectivity index (χ4n) is 1.80. The molecule has 0 radical (unpaired) electrons. The van der Waals surface area contributed by atoms with Gasteiger partial charge < -0.3 is 10.6 Å². The minimum Gasteiger partial charge on any atom is -0.398 e.